The van der Waals surface area contributed by atoms with E-state index < -0.39 is 15.3 Å². The lowest BCUT2D eigenvalue weighted by Gasteiger charge is -2.18. The van der Waals surface area contributed by atoms with Gasteiger partial charge in [-0.15, -0.1) is 0 Å². The first-order chi connectivity index (χ1) is 7.44. The van der Waals surface area contributed by atoms with Crippen molar-refractivity contribution in [1.29, 1.82) is 0 Å². The van der Waals surface area contributed by atoms with Crippen molar-refractivity contribution in [3.05, 3.63) is 0 Å². The van der Waals surface area contributed by atoms with Gasteiger partial charge in [-0.25, -0.2) is 13.1 Å². The fourth-order valence-corrected chi connectivity index (χ4v) is 2.46. The van der Waals surface area contributed by atoms with E-state index in [0.29, 0.717) is 19.6 Å². The van der Waals surface area contributed by atoms with Crippen LogP contribution in [-0.4, -0.2) is 46.5 Å². The summed E-state index contributed by atoms with van der Waals surface area (Å²) in [7, 11) is -1.62. The molecule has 0 saturated carbocycles. The molecule has 0 amide bonds. The van der Waals surface area contributed by atoms with Crippen LogP contribution in [0.15, 0.2) is 0 Å². The van der Waals surface area contributed by atoms with E-state index in [1.807, 2.05) is 13.8 Å². The van der Waals surface area contributed by atoms with Gasteiger partial charge in [0.2, 0.25) is 10.0 Å². The lowest BCUT2D eigenvalue weighted by atomic mass is 10.3. The zero-order valence-electron chi connectivity index (χ0n) is 10.6. The van der Waals surface area contributed by atoms with Crippen LogP contribution in [0.25, 0.3) is 0 Å². The van der Waals surface area contributed by atoms with Crippen molar-refractivity contribution >= 4 is 10.0 Å². The highest BCUT2D eigenvalue weighted by molar-refractivity contribution is 7.90. The number of nitrogens with one attached hydrogen (secondary N) is 2. The van der Waals surface area contributed by atoms with Gasteiger partial charge in [0.05, 0.1) is 5.25 Å². The summed E-state index contributed by atoms with van der Waals surface area (Å²) in [5.41, 5.74) is 0. The maximum atomic E-state index is 11.8. The first-order valence-corrected chi connectivity index (χ1v) is 7.19. The summed E-state index contributed by atoms with van der Waals surface area (Å²) in [5, 5.41) is 2.61. The van der Waals surface area contributed by atoms with Crippen LogP contribution in [0, 0.1) is 0 Å². The lowest BCUT2D eigenvalue weighted by Crippen LogP contribution is -2.42. The van der Waals surface area contributed by atoms with Gasteiger partial charge in [0.15, 0.2) is 0 Å². The van der Waals surface area contributed by atoms with Gasteiger partial charge in [-0.05, 0) is 26.8 Å². The summed E-state index contributed by atoms with van der Waals surface area (Å²) in [6, 6.07) is -0.0889. The number of sulfonamides is 1. The fraction of sp³-hybridized carbons (Fsp3) is 1.00. The number of hydrogen-bond donors (Lipinski definition) is 2. The molecule has 16 heavy (non-hydrogen) atoms. The second kappa shape index (κ2) is 8.00. The molecule has 0 heterocycles. The second-order valence-electron chi connectivity index (χ2n) is 3.96. The third kappa shape index (κ3) is 6.42. The first-order valence-electron chi connectivity index (χ1n) is 5.64. The molecule has 2 unspecified atom stereocenters. The van der Waals surface area contributed by atoms with E-state index in [2.05, 4.69) is 10.0 Å². The molecule has 0 aromatic carbocycles. The highest BCUT2D eigenvalue weighted by atomic mass is 32.2. The van der Waals surface area contributed by atoms with Crippen LogP contribution in [0.3, 0.4) is 0 Å². The SMILES string of the molecule is CCNCC(C)S(=O)(=O)NC(C)CCOC. The highest BCUT2D eigenvalue weighted by Gasteiger charge is 2.21. The van der Waals surface area contributed by atoms with Gasteiger partial charge < -0.3 is 10.1 Å². The molecule has 0 aromatic heterocycles. The zero-order chi connectivity index (χ0) is 12.6. The number of rotatable bonds is 9. The molecule has 2 atom stereocenters. The molecule has 5 nitrogen and oxygen atoms in total. The maximum Gasteiger partial charge on any atom is 0.215 e. The molecule has 0 aliphatic rings. The fourth-order valence-electron chi connectivity index (χ4n) is 1.21. The molecule has 6 heteroatoms. The third-order valence-corrected chi connectivity index (χ3v) is 4.29. The summed E-state index contributed by atoms with van der Waals surface area (Å²) in [5.74, 6) is 0. The Labute approximate surface area is 99.0 Å². The molecule has 0 fully saturated rings. The van der Waals surface area contributed by atoms with E-state index in [9.17, 15) is 8.42 Å². The third-order valence-electron chi connectivity index (χ3n) is 2.33. The van der Waals surface area contributed by atoms with Crippen LogP contribution in [0.2, 0.25) is 0 Å². The van der Waals surface area contributed by atoms with Crippen LogP contribution in [-0.2, 0) is 14.8 Å². The predicted octanol–water partition coefficient (Wildman–Crippen LogP) is 0.329. The van der Waals surface area contributed by atoms with Crippen LogP contribution < -0.4 is 10.0 Å². The molecular weight excluding hydrogens is 228 g/mol. The predicted molar refractivity (Wildman–Crippen MR) is 66.0 cm³/mol. The Morgan fingerprint density at radius 3 is 2.44 bits per heavy atom. The van der Waals surface area contributed by atoms with Gasteiger partial charge in [0.25, 0.3) is 0 Å². The van der Waals surface area contributed by atoms with Crippen molar-refractivity contribution in [2.24, 2.45) is 0 Å². The van der Waals surface area contributed by atoms with Crippen molar-refractivity contribution in [2.75, 3.05) is 26.8 Å². The molecule has 2 N–H and O–H groups in total. The van der Waals surface area contributed by atoms with Crippen molar-refractivity contribution in [2.45, 2.75) is 38.5 Å². The topological polar surface area (TPSA) is 67.4 Å². The Kier molecular flexibility index (Phi) is 7.91. The standard InChI is InChI=1S/C10H24N2O3S/c1-5-11-8-10(3)16(13,14)12-9(2)6-7-15-4/h9-12H,5-8H2,1-4H3. The monoisotopic (exact) mass is 252 g/mol. The van der Waals surface area contributed by atoms with Crippen LogP contribution in [0.5, 0.6) is 0 Å². The molecule has 0 saturated heterocycles. The van der Waals surface area contributed by atoms with Crippen LogP contribution in [0.4, 0.5) is 0 Å². The molecule has 0 bridgehead atoms. The number of methoxy groups -OCH3 is 1. The largest absolute Gasteiger partial charge is 0.385 e. The van der Waals surface area contributed by atoms with Crippen molar-refractivity contribution < 1.29 is 13.2 Å². The highest BCUT2D eigenvalue weighted by Crippen LogP contribution is 2.01. The Morgan fingerprint density at radius 1 is 1.31 bits per heavy atom. The smallest absolute Gasteiger partial charge is 0.215 e. The van der Waals surface area contributed by atoms with E-state index in [1.165, 1.54) is 0 Å². The maximum absolute atomic E-state index is 11.8. The summed E-state index contributed by atoms with van der Waals surface area (Å²) < 4.78 is 31.2. The Hall–Kier alpha value is -0.170. The minimum Gasteiger partial charge on any atom is -0.385 e. The molecule has 0 aliphatic heterocycles. The van der Waals surface area contributed by atoms with Gasteiger partial charge >= 0.3 is 0 Å². The Morgan fingerprint density at radius 2 is 1.94 bits per heavy atom. The molecule has 0 aliphatic carbocycles. The van der Waals surface area contributed by atoms with E-state index in [4.69, 9.17) is 4.74 Å². The summed E-state index contributed by atoms with van der Waals surface area (Å²) in [6.07, 6.45) is 0.684. The van der Waals surface area contributed by atoms with E-state index >= 15 is 0 Å². The van der Waals surface area contributed by atoms with Gasteiger partial charge in [-0.1, -0.05) is 6.92 Å². The van der Waals surface area contributed by atoms with Gasteiger partial charge in [-0.2, -0.15) is 0 Å². The quantitative estimate of drug-likeness (QED) is 0.620. The average Bonchev–Trinajstić information content (AvgIpc) is 2.22. The van der Waals surface area contributed by atoms with Crippen molar-refractivity contribution in [3.63, 3.8) is 0 Å². The minimum absolute atomic E-state index is 0.0889. The average molecular weight is 252 g/mol. The van der Waals surface area contributed by atoms with Gasteiger partial charge in [0, 0.05) is 26.3 Å². The number of hydrogen-bond acceptors (Lipinski definition) is 4. The van der Waals surface area contributed by atoms with E-state index in [0.717, 1.165) is 6.54 Å². The Bertz CT molecular complexity index is 267. The molecule has 0 radical (unpaired) electrons. The van der Waals surface area contributed by atoms with Crippen LogP contribution >= 0.6 is 0 Å². The summed E-state index contributed by atoms with van der Waals surface area (Å²) in [6.45, 7) is 7.31. The van der Waals surface area contributed by atoms with E-state index in [-0.39, 0.29) is 6.04 Å². The molecule has 98 valence electrons. The van der Waals surface area contributed by atoms with Gasteiger partial charge in [-0.3, -0.25) is 0 Å². The van der Waals surface area contributed by atoms with E-state index in [1.54, 1.807) is 14.0 Å². The van der Waals surface area contributed by atoms with Gasteiger partial charge in [0.1, 0.15) is 0 Å². The zero-order valence-corrected chi connectivity index (χ0v) is 11.4. The summed E-state index contributed by atoms with van der Waals surface area (Å²) in [4.78, 5) is 0. The first kappa shape index (κ1) is 15.8. The minimum atomic E-state index is -3.23. The molecular formula is C10H24N2O3S. The lowest BCUT2D eigenvalue weighted by molar-refractivity contribution is 0.188. The molecule has 0 aromatic rings. The molecule has 0 spiro atoms. The van der Waals surface area contributed by atoms with Crippen molar-refractivity contribution in [3.8, 4) is 0 Å². The second-order valence-corrected chi connectivity index (χ2v) is 6.09. The van der Waals surface area contributed by atoms with Crippen molar-refractivity contribution in [1.82, 2.24) is 10.0 Å². The van der Waals surface area contributed by atoms with Crippen LogP contribution in [0.1, 0.15) is 27.2 Å². The summed E-state index contributed by atoms with van der Waals surface area (Å²) >= 11 is 0. The normalized spacial score (nSPS) is 16.0. The molecule has 0 rings (SSSR count). The number of ether oxygens (including phenoxy) is 1. The Balaban J connectivity index is 4.11.